The normalized spacial score (nSPS) is 15.1. The first kappa shape index (κ1) is 9.87. The van der Waals surface area contributed by atoms with Gasteiger partial charge >= 0.3 is 0 Å². The van der Waals surface area contributed by atoms with Crippen LogP contribution in [0.25, 0.3) is 0 Å². The van der Waals surface area contributed by atoms with Crippen molar-refractivity contribution in [2.24, 2.45) is 5.73 Å². The van der Waals surface area contributed by atoms with Crippen molar-refractivity contribution in [3.63, 3.8) is 0 Å². The molecule has 4 nitrogen and oxygen atoms in total. The van der Waals surface area contributed by atoms with Crippen LogP contribution in [0.1, 0.15) is 6.92 Å². The highest BCUT2D eigenvalue weighted by Gasteiger charge is 2.11. The van der Waals surface area contributed by atoms with Crippen molar-refractivity contribution in [2.75, 3.05) is 18.1 Å². The Morgan fingerprint density at radius 1 is 1.60 bits per heavy atom. The van der Waals surface area contributed by atoms with Crippen LogP contribution < -0.4 is 5.73 Å². The zero-order valence-corrected chi connectivity index (χ0v) is 6.76. The smallest absolute Gasteiger partial charge is 0.154 e. The van der Waals surface area contributed by atoms with Crippen LogP contribution in [0.5, 0.6) is 0 Å². The predicted molar refractivity (Wildman–Crippen MR) is 39.4 cm³/mol. The minimum absolute atomic E-state index is 0.0481. The van der Waals surface area contributed by atoms with E-state index in [9.17, 15) is 8.42 Å². The van der Waals surface area contributed by atoms with E-state index in [2.05, 4.69) is 0 Å². The minimum Gasteiger partial charge on any atom is -0.395 e. The molecule has 0 unspecified atom stereocenters. The molecule has 0 heterocycles. The molecule has 0 spiro atoms. The summed E-state index contributed by atoms with van der Waals surface area (Å²) in [4.78, 5) is 0. The second kappa shape index (κ2) is 3.90. The van der Waals surface area contributed by atoms with Gasteiger partial charge in [-0.3, -0.25) is 0 Å². The summed E-state index contributed by atoms with van der Waals surface area (Å²) in [6.45, 7) is 1.30. The lowest BCUT2D eigenvalue weighted by atomic mass is 10.4. The summed E-state index contributed by atoms with van der Waals surface area (Å²) in [5.41, 5.74) is 5.25. The fourth-order valence-corrected chi connectivity index (χ4v) is 1.87. The lowest BCUT2D eigenvalue weighted by Gasteiger charge is -2.03. The third-order valence-corrected chi connectivity index (χ3v) is 2.76. The second-order valence-corrected chi connectivity index (χ2v) is 4.54. The molecule has 0 radical (unpaired) electrons. The molecule has 0 aromatic carbocycles. The summed E-state index contributed by atoms with van der Waals surface area (Å²) in [6, 6.07) is -0.350. The zero-order chi connectivity index (χ0) is 8.20. The predicted octanol–water partition coefficient (Wildman–Crippen LogP) is -1.26. The van der Waals surface area contributed by atoms with Gasteiger partial charge in [0.1, 0.15) is 0 Å². The molecule has 5 heteroatoms. The number of hydrogen-bond acceptors (Lipinski definition) is 4. The molecule has 0 aromatic heterocycles. The molecule has 62 valence electrons. The van der Waals surface area contributed by atoms with E-state index >= 15 is 0 Å². The molecule has 0 rings (SSSR count). The third kappa shape index (κ3) is 4.72. The van der Waals surface area contributed by atoms with Crippen molar-refractivity contribution in [3.8, 4) is 0 Å². The van der Waals surface area contributed by atoms with Crippen LogP contribution in [0.3, 0.4) is 0 Å². The molecular weight excluding hydrogens is 154 g/mol. The summed E-state index contributed by atoms with van der Waals surface area (Å²) in [6.07, 6.45) is 0. The fourth-order valence-electron chi connectivity index (χ4n) is 0.623. The largest absolute Gasteiger partial charge is 0.395 e. The van der Waals surface area contributed by atoms with Crippen molar-refractivity contribution < 1.29 is 13.5 Å². The molecule has 0 aliphatic carbocycles. The topological polar surface area (TPSA) is 80.4 Å². The van der Waals surface area contributed by atoms with Crippen LogP contribution in [0.2, 0.25) is 0 Å². The Morgan fingerprint density at radius 2 is 2.10 bits per heavy atom. The first-order valence-corrected chi connectivity index (χ1v) is 4.87. The van der Waals surface area contributed by atoms with Crippen molar-refractivity contribution in [2.45, 2.75) is 13.0 Å². The quantitative estimate of drug-likeness (QED) is 0.547. The highest BCUT2D eigenvalue weighted by Crippen LogP contribution is 1.91. The van der Waals surface area contributed by atoms with Gasteiger partial charge in [0.2, 0.25) is 0 Å². The summed E-state index contributed by atoms with van der Waals surface area (Å²) >= 11 is 0. The van der Waals surface area contributed by atoms with Gasteiger partial charge in [0.25, 0.3) is 0 Å². The number of aliphatic hydroxyl groups excluding tert-OH is 1. The number of sulfone groups is 1. The Balaban J connectivity index is 3.89. The number of hydrogen-bond donors (Lipinski definition) is 2. The summed E-state index contributed by atoms with van der Waals surface area (Å²) in [5, 5.41) is 8.29. The van der Waals surface area contributed by atoms with Crippen LogP contribution in [0.15, 0.2) is 0 Å². The summed E-state index contributed by atoms with van der Waals surface area (Å²) in [5.74, 6) is -0.234. The SMILES string of the molecule is C[C@@H](N)CS(=O)(=O)CCO. The van der Waals surface area contributed by atoms with Crippen molar-refractivity contribution in [1.82, 2.24) is 0 Å². The van der Waals surface area contributed by atoms with E-state index in [1.807, 2.05) is 0 Å². The standard InChI is InChI=1S/C5H13NO3S/c1-5(6)4-10(8,9)3-2-7/h5,7H,2-4,6H2,1H3/t5-/m1/s1. The number of nitrogens with two attached hydrogens (primary N) is 1. The lowest BCUT2D eigenvalue weighted by molar-refractivity contribution is 0.319. The summed E-state index contributed by atoms with van der Waals surface area (Å²) < 4.78 is 21.6. The van der Waals surface area contributed by atoms with Crippen LogP contribution in [0.4, 0.5) is 0 Å². The van der Waals surface area contributed by atoms with Gasteiger partial charge in [-0.25, -0.2) is 8.42 Å². The minimum atomic E-state index is -3.11. The maximum absolute atomic E-state index is 10.8. The van der Waals surface area contributed by atoms with Gasteiger partial charge in [-0.2, -0.15) is 0 Å². The zero-order valence-electron chi connectivity index (χ0n) is 5.95. The highest BCUT2D eigenvalue weighted by atomic mass is 32.2. The van der Waals surface area contributed by atoms with Gasteiger partial charge in [-0.05, 0) is 6.92 Å². The van der Waals surface area contributed by atoms with Crippen LogP contribution >= 0.6 is 0 Å². The Morgan fingerprint density at radius 3 is 2.40 bits per heavy atom. The first-order chi connectivity index (χ1) is 4.48. The third-order valence-electron chi connectivity index (χ3n) is 0.919. The van der Waals surface area contributed by atoms with E-state index in [0.717, 1.165) is 0 Å². The molecule has 0 aliphatic heterocycles. The summed E-state index contributed by atoms with van der Waals surface area (Å²) in [7, 11) is -3.11. The van der Waals surface area contributed by atoms with Crippen LogP contribution in [-0.2, 0) is 9.84 Å². The Bertz CT molecular complexity index is 173. The van der Waals surface area contributed by atoms with E-state index in [4.69, 9.17) is 10.8 Å². The fraction of sp³-hybridized carbons (Fsp3) is 1.00. The van der Waals surface area contributed by atoms with Gasteiger partial charge in [0.15, 0.2) is 9.84 Å². The number of aliphatic hydroxyl groups is 1. The van der Waals surface area contributed by atoms with Gasteiger partial charge in [0.05, 0.1) is 18.1 Å². The molecule has 3 N–H and O–H groups in total. The van der Waals surface area contributed by atoms with Gasteiger partial charge < -0.3 is 10.8 Å². The van der Waals surface area contributed by atoms with Crippen LogP contribution in [0, 0.1) is 0 Å². The molecule has 0 saturated heterocycles. The van der Waals surface area contributed by atoms with E-state index < -0.39 is 9.84 Å². The van der Waals surface area contributed by atoms with E-state index in [0.29, 0.717) is 0 Å². The molecule has 0 amide bonds. The Kier molecular flexibility index (Phi) is 3.85. The maximum Gasteiger partial charge on any atom is 0.154 e. The molecule has 0 bridgehead atoms. The maximum atomic E-state index is 10.8. The van der Waals surface area contributed by atoms with E-state index in [-0.39, 0.29) is 24.2 Å². The van der Waals surface area contributed by atoms with Crippen molar-refractivity contribution in [1.29, 1.82) is 0 Å². The first-order valence-electron chi connectivity index (χ1n) is 3.05. The molecular formula is C5H13NO3S. The van der Waals surface area contributed by atoms with Crippen molar-refractivity contribution >= 4 is 9.84 Å². The molecule has 0 fully saturated rings. The van der Waals surface area contributed by atoms with Gasteiger partial charge in [-0.15, -0.1) is 0 Å². The van der Waals surface area contributed by atoms with Gasteiger partial charge in [-0.1, -0.05) is 0 Å². The van der Waals surface area contributed by atoms with Gasteiger partial charge in [0, 0.05) is 6.04 Å². The van der Waals surface area contributed by atoms with Crippen LogP contribution in [-0.4, -0.2) is 37.7 Å². The Hall–Kier alpha value is -0.130. The lowest BCUT2D eigenvalue weighted by Crippen LogP contribution is -2.28. The molecule has 0 saturated carbocycles. The second-order valence-electron chi connectivity index (χ2n) is 2.32. The molecule has 1 atom stereocenters. The molecule has 0 aromatic rings. The Labute approximate surface area is 61.0 Å². The monoisotopic (exact) mass is 167 g/mol. The molecule has 10 heavy (non-hydrogen) atoms. The van der Waals surface area contributed by atoms with E-state index in [1.54, 1.807) is 6.92 Å². The molecule has 0 aliphatic rings. The average Bonchev–Trinajstić information content (AvgIpc) is 1.59. The van der Waals surface area contributed by atoms with E-state index in [1.165, 1.54) is 0 Å². The highest BCUT2D eigenvalue weighted by molar-refractivity contribution is 7.91. The van der Waals surface area contributed by atoms with Crippen molar-refractivity contribution in [3.05, 3.63) is 0 Å². The average molecular weight is 167 g/mol. The number of rotatable bonds is 4.